The minimum Gasteiger partial charge on any atom is -0.330 e. The first-order chi connectivity index (χ1) is 9.55. The Kier molecular flexibility index (Phi) is 6.04. The topological polar surface area (TPSA) is 26.0 Å². The summed E-state index contributed by atoms with van der Waals surface area (Å²) < 4.78 is 0. The van der Waals surface area contributed by atoms with Gasteiger partial charge in [-0.1, -0.05) is 66.7 Å². The van der Waals surface area contributed by atoms with E-state index in [9.17, 15) is 0 Å². The Morgan fingerprint density at radius 1 is 0.952 bits per heavy atom. The fourth-order valence-electron chi connectivity index (χ4n) is 2.52. The van der Waals surface area contributed by atoms with Crippen LogP contribution in [0.3, 0.4) is 0 Å². The first-order valence-corrected chi connectivity index (χ1v) is 8.40. The third kappa shape index (κ3) is 5.47. The molecule has 21 heavy (non-hydrogen) atoms. The molecule has 1 heteroatoms. The van der Waals surface area contributed by atoms with E-state index in [1.54, 1.807) is 0 Å². The molecule has 0 spiro atoms. The van der Waals surface area contributed by atoms with E-state index in [0.29, 0.717) is 11.3 Å². The molecule has 0 saturated carbocycles. The van der Waals surface area contributed by atoms with Gasteiger partial charge in [0.15, 0.2) is 0 Å². The molecule has 0 aliphatic rings. The van der Waals surface area contributed by atoms with Crippen LogP contribution in [0.25, 0.3) is 0 Å². The van der Waals surface area contributed by atoms with Crippen molar-refractivity contribution in [1.29, 1.82) is 0 Å². The molecule has 0 fully saturated rings. The van der Waals surface area contributed by atoms with Gasteiger partial charge in [-0.05, 0) is 59.2 Å². The molecule has 0 aliphatic carbocycles. The van der Waals surface area contributed by atoms with Gasteiger partial charge in [0.1, 0.15) is 0 Å². The molecule has 1 rings (SSSR count). The van der Waals surface area contributed by atoms with Crippen LogP contribution in [0.15, 0.2) is 18.2 Å². The zero-order valence-electron chi connectivity index (χ0n) is 15.2. The average Bonchev–Trinajstić information content (AvgIpc) is 2.35. The zero-order chi connectivity index (χ0) is 16.3. The van der Waals surface area contributed by atoms with Crippen LogP contribution in [-0.4, -0.2) is 6.54 Å². The first kappa shape index (κ1) is 18.2. The van der Waals surface area contributed by atoms with Crippen molar-refractivity contribution in [2.75, 3.05) is 6.54 Å². The lowest BCUT2D eigenvalue weighted by Gasteiger charge is -2.30. The van der Waals surface area contributed by atoms with E-state index >= 15 is 0 Å². The van der Waals surface area contributed by atoms with Crippen LogP contribution in [0.1, 0.15) is 83.9 Å². The van der Waals surface area contributed by atoms with E-state index in [1.165, 1.54) is 23.1 Å². The van der Waals surface area contributed by atoms with Crippen LogP contribution in [0.4, 0.5) is 0 Å². The van der Waals surface area contributed by atoms with Crippen molar-refractivity contribution in [2.45, 2.75) is 79.1 Å². The SMILES string of the molecule is CC(c1cc(CCCCN)cc(C(C)(C)C)c1)C(C)(C)C. The van der Waals surface area contributed by atoms with Crippen molar-refractivity contribution in [3.8, 4) is 0 Å². The fourth-order valence-corrected chi connectivity index (χ4v) is 2.52. The third-order valence-electron chi connectivity index (χ3n) is 4.60. The Balaban J connectivity index is 3.15. The zero-order valence-corrected chi connectivity index (χ0v) is 15.2. The van der Waals surface area contributed by atoms with Gasteiger partial charge < -0.3 is 5.73 Å². The van der Waals surface area contributed by atoms with Crippen molar-refractivity contribution in [2.24, 2.45) is 11.1 Å². The molecular weight excluding hydrogens is 254 g/mol. The van der Waals surface area contributed by atoms with Gasteiger partial charge >= 0.3 is 0 Å². The van der Waals surface area contributed by atoms with Crippen molar-refractivity contribution in [1.82, 2.24) is 0 Å². The highest BCUT2D eigenvalue weighted by atomic mass is 14.5. The lowest BCUT2D eigenvalue weighted by molar-refractivity contribution is 0.339. The Labute approximate surface area is 132 Å². The van der Waals surface area contributed by atoms with Crippen LogP contribution in [0, 0.1) is 5.41 Å². The number of aryl methyl sites for hydroxylation is 1. The van der Waals surface area contributed by atoms with E-state index in [0.717, 1.165) is 19.4 Å². The molecule has 0 aromatic heterocycles. The van der Waals surface area contributed by atoms with E-state index in [2.05, 4.69) is 66.7 Å². The average molecular weight is 290 g/mol. The largest absolute Gasteiger partial charge is 0.330 e. The summed E-state index contributed by atoms with van der Waals surface area (Å²) in [6.45, 7) is 17.0. The second-order valence-corrected chi connectivity index (χ2v) is 8.55. The Morgan fingerprint density at radius 2 is 1.57 bits per heavy atom. The number of benzene rings is 1. The summed E-state index contributed by atoms with van der Waals surface area (Å²) in [4.78, 5) is 0. The summed E-state index contributed by atoms with van der Waals surface area (Å²) in [6.07, 6.45) is 3.45. The minimum absolute atomic E-state index is 0.205. The van der Waals surface area contributed by atoms with Gasteiger partial charge in [-0.3, -0.25) is 0 Å². The summed E-state index contributed by atoms with van der Waals surface area (Å²) in [7, 11) is 0. The molecule has 0 amide bonds. The molecule has 1 atom stereocenters. The van der Waals surface area contributed by atoms with Gasteiger partial charge in [-0.25, -0.2) is 0 Å². The normalized spacial score (nSPS) is 14.3. The number of hydrogen-bond donors (Lipinski definition) is 1. The summed E-state index contributed by atoms with van der Waals surface area (Å²) in [6, 6.07) is 7.24. The molecular formula is C20H35N. The molecule has 0 aliphatic heterocycles. The quantitative estimate of drug-likeness (QED) is 0.720. The molecule has 0 heterocycles. The molecule has 2 N–H and O–H groups in total. The lowest BCUT2D eigenvalue weighted by Crippen LogP contribution is -2.18. The van der Waals surface area contributed by atoms with Gasteiger partial charge in [0, 0.05) is 0 Å². The van der Waals surface area contributed by atoms with Gasteiger partial charge in [0.05, 0.1) is 0 Å². The standard InChI is InChI=1S/C20H35N/c1-15(19(2,3)4)17-12-16(10-8-9-11-21)13-18(14-17)20(5,6)7/h12-15H,8-11,21H2,1-7H3. The van der Waals surface area contributed by atoms with E-state index in [-0.39, 0.29) is 5.41 Å². The van der Waals surface area contributed by atoms with Crippen LogP contribution >= 0.6 is 0 Å². The second-order valence-electron chi connectivity index (χ2n) is 8.55. The van der Waals surface area contributed by atoms with Crippen molar-refractivity contribution < 1.29 is 0 Å². The minimum atomic E-state index is 0.205. The van der Waals surface area contributed by atoms with Crippen molar-refractivity contribution in [3.63, 3.8) is 0 Å². The summed E-state index contributed by atoms with van der Waals surface area (Å²) in [5.74, 6) is 0.563. The molecule has 0 saturated heterocycles. The summed E-state index contributed by atoms with van der Waals surface area (Å²) in [5.41, 5.74) is 10.5. The predicted octanol–water partition coefficient (Wildman–Crippen LogP) is 5.42. The number of rotatable bonds is 5. The molecule has 0 bridgehead atoms. The van der Waals surface area contributed by atoms with Gasteiger partial charge in [-0.15, -0.1) is 0 Å². The van der Waals surface area contributed by atoms with Gasteiger partial charge in [0.25, 0.3) is 0 Å². The summed E-state index contributed by atoms with van der Waals surface area (Å²) >= 11 is 0. The molecule has 1 nitrogen and oxygen atoms in total. The lowest BCUT2D eigenvalue weighted by atomic mass is 9.75. The van der Waals surface area contributed by atoms with Crippen LogP contribution in [0.2, 0.25) is 0 Å². The van der Waals surface area contributed by atoms with Crippen molar-refractivity contribution >= 4 is 0 Å². The number of nitrogens with two attached hydrogens (primary N) is 1. The number of unbranched alkanes of at least 4 members (excludes halogenated alkanes) is 1. The highest BCUT2D eigenvalue weighted by Gasteiger charge is 2.24. The maximum absolute atomic E-state index is 5.63. The summed E-state index contributed by atoms with van der Waals surface area (Å²) in [5, 5.41) is 0. The molecule has 1 aromatic rings. The predicted molar refractivity (Wildman–Crippen MR) is 95.0 cm³/mol. The second kappa shape index (κ2) is 6.96. The highest BCUT2D eigenvalue weighted by molar-refractivity contribution is 5.36. The molecule has 1 unspecified atom stereocenters. The molecule has 120 valence electrons. The Morgan fingerprint density at radius 3 is 2.05 bits per heavy atom. The molecule has 0 radical (unpaired) electrons. The maximum atomic E-state index is 5.63. The van der Waals surface area contributed by atoms with Gasteiger partial charge in [-0.2, -0.15) is 0 Å². The van der Waals surface area contributed by atoms with Crippen LogP contribution in [0.5, 0.6) is 0 Å². The fraction of sp³-hybridized carbons (Fsp3) is 0.700. The van der Waals surface area contributed by atoms with E-state index in [4.69, 9.17) is 5.73 Å². The number of hydrogen-bond acceptors (Lipinski definition) is 1. The third-order valence-corrected chi connectivity index (χ3v) is 4.60. The van der Waals surface area contributed by atoms with E-state index in [1.807, 2.05) is 0 Å². The van der Waals surface area contributed by atoms with Crippen molar-refractivity contribution in [3.05, 3.63) is 34.9 Å². The molecule has 1 aromatic carbocycles. The first-order valence-electron chi connectivity index (χ1n) is 8.40. The van der Waals surface area contributed by atoms with E-state index < -0.39 is 0 Å². The Bertz CT molecular complexity index is 446. The smallest absolute Gasteiger partial charge is 0.00772 e. The Hall–Kier alpha value is -0.820. The monoisotopic (exact) mass is 289 g/mol. The van der Waals surface area contributed by atoms with Crippen LogP contribution in [-0.2, 0) is 11.8 Å². The highest BCUT2D eigenvalue weighted by Crippen LogP contribution is 2.37. The van der Waals surface area contributed by atoms with Crippen LogP contribution < -0.4 is 5.73 Å². The maximum Gasteiger partial charge on any atom is -0.00772 e. The van der Waals surface area contributed by atoms with Gasteiger partial charge in [0.2, 0.25) is 0 Å².